The lowest BCUT2D eigenvalue weighted by molar-refractivity contribution is 0.138. The van der Waals surface area contributed by atoms with Gasteiger partial charge in [0.2, 0.25) is 0 Å². The first-order valence-corrected chi connectivity index (χ1v) is 5.77. The smallest absolute Gasteiger partial charge is 0.116 e. The summed E-state index contributed by atoms with van der Waals surface area (Å²) in [6.45, 7) is 3.25. The van der Waals surface area contributed by atoms with E-state index in [2.05, 4.69) is 36.5 Å². The molecule has 0 amide bonds. The number of anilines is 1. The van der Waals surface area contributed by atoms with Gasteiger partial charge in [-0.1, -0.05) is 48.0 Å². The maximum absolute atomic E-state index is 5.55. The van der Waals surface area contributed by atoms with Crippen molar-refractivity contribution in [1.82, 2.24) is 0 Å². The number of hydrogen-bond donors (Lipinski definition) is 1. The highest BCUT2D eigenvalue weighted by molar-refractivity contribution is 5.41. The predicted molar refractivity (Wildman–Crippen MR) is 73.0 cm³/mol. The molecule has 0 aromatic heterocycles. The van der Waals surface area contributed by atoms with Crippen LogP contribution in [0.2, 0.25) is 0 Å². The fourth-order valence-corrected chi connectivity index (χ4v) is 1.54. The third kappa shape index (κ3) is 3.93. The van der Waals surface area contributed by atoms with Crippen molar-refractivity contribution in [3.05, 3.63) is 65.7 Å². The van der Waals surface area contributed by atoms with Crippen LogP contribution in [-0.4, -0.2) is 6.73 Å². The van der Waals surface area contributed by atoms with Gasteiger partial charge in [-0.15, -0.1) is 0 Å². The number of aryl methyl sites for hydroxylation is 1. The van der Waals surface area contributed by atoms with E-state index in [1.165, 1.54) is 11.1 Å². The van der Waals surface area contributed by atoms with Crippen molar-refractivity contribution < 1.29 is 6.16 Å². The van der Waals surface area contributed by atoms with Gasteiger partial charge in [-0.2, -0.15) is 0 Å². The first-order chi connectivity index (χ1) is 8.34. The number of rotatable bonds is 5. The highest BCUT2D eigenvalue weighted by atomic mass is 16.5. The molecule has 0 heterocycles. The van der Waals surface area contributed by atoms with Gasteiger partial charge in [0.1, 0.15) is 6.73 Å². The lowest BCUT2D eigenvalue weighted by Gasteiger charge is -2.07. The van der Waals surface area contributed by atoms with E-state index in [0.29, 0.717) is 13.3 Å². The van der Waals surface area contributed by atoms with E-state index in [9.17, 15) is 0 Å². The number of ether oxygens (including phenoxy) is 1. The molecule has 90 valence electrons. The zero-order chi connectivity index (χ0) is 11.9. The maximum Gasteiger partial charge on any atom is 0.116 e. The molecule has 2 rings (SSSR count). The summed E-state index contributed by atoms with van der Waals surface area (Å²) in [6, 6.07) is 18.4. The molecule has 0 fully saturated rings. The quantitative estimate of drug-likeness (QED) is 0.621. The summed E-state index contributed by atoms with van der Waals surface area (Å²) in [6.07, 6.45) is 0. The molecule has 17 heavy (non-hydrogen) atoms. The second-order valence-electron chi connectivity index (χ2n) is 4.02. The maximum atomic E-state index is 5.55. The van der Waals surface area contributed by atoms with Crippen LogP contribution in [0.25, 0.3) is 0 Å². The van der Waals surface area contributed by atoms with Crippen LogP contribution in [0.1, 0.15) is 12.6 Å². The monoisotopic (exact) mass is 229 g/mol. The molecule has 0 aliphatic rings. The molecule has 2 heteroatoms. The fourth-order valence-electron chi connectivity index (χ4n) is 1.54. The van der Waals surface area contributed by atoms with Gasteiger partial charge in [-0.05, 0) is 24.6 Å². The van der Waals surface area contributed by atoms with Crippen LogP contribution in [0.15, 0.2) is 54.6 Å². The average Bonchev–Trinajstić information content (AvgIpc) is 2.38. The molecule has 0 saturated carbocycles. The Balaban J connectivity index is 0.00000162. The summed E-state index contributed by atoms with van der Waals surface area (Å²) in [5, 5.41) is 3.20. The van der Waals surface area contributed by atoms with E-state index in [1.54, 1.807) is 0 Å². The van der Waals surface area contributed by atoms with E-state index in [1.807, 2.05) is 30.3 Å². The molecule has 0 spiro atoms. The van der Waals surface area contributed by atoms with E-state index >= 15 is 0 Å². The zero-order valence-corrected chi connectivity index (χ0v) is 10.0. The molecule has 0 bridgehead atoms. The zero-order valence-electron chi connectivity index (χ0n) is 10.0. The molecule has 1 N–H and O–H groups in total. The molecule has 0 aliphatic carbocycles. The summed E-state index contributed by atoms with van der Waals surface area (Å²) in [7, 11) is 0. The van der Waals surface area contributed by atoms with Crippen molar-refractivity contribution in [2.24, 2.45) is 0 Å². The Kier molecular flexibility index (Phi) is 4.17. The third-order valence-electron chi connectivity index (χ3n) is 2.54. The van der Waals surface area contributed by atoms with Gasteiger partial charge in [0, 0.05) is 7.11 Å². The molecule has 2 nitrogen and oxygen atoms in total. The molecule has 2 aromatic rings. The topological polar surface area (TPSA) is 21.3 Å². The van der Waals surface area contributed by atoms with E-state index in [0.717, 1.165) is 5.69 Å². The van der Waals surface area contributed by atoms with Gasteiger partial charge in [-0.3, -0.25) is 0 Å². The normalized spacial score (nSPS) is 10.2. The summed E-state index contributed by atoms with van der Waals surface area (Å²) in [4.78, 5) is 0. The van der Waals surface area contributed by atoms with Crippen LogP contribution in [0.3, 0.4) is 0 Å². The van der Waals surface area contributed by atoms with Crippen molar-refractivity contribution >= 4 is 5.69 Å². The molecule has 0 atom stereocenters. The summed E-state index contributed by atoms with van der Waals surface area (Å²) in [5.74, 6) is 0. The van der Waals surface area contributed by atoms with Crippen molar-refractivity contribution in [3.8, 4) is 0 Å². The molecule has 0 unspecified atom stereocenters. The minimum atomic E-state index is 0. The average molecular weight is 229 g/mol. The van der Waals surface area contributed by atoms with Gasteiger partial charge in [0.05, 0.1) is 6.61 Å². The highest BCUT2D eigenvalue weighted by Crippen LogP contribution is 2.06. The molecular weight excluding hydrogens is 210 g/mol. The minimum absolute atomic E-state index is 0. The predicted octanol–water partition coefficient (Wildman–Crippen LogP) is 3.83. The Morgan fingerprint density at radius 1 is 1.00 bits per heavy atom. The largest absolute Gasteiger partial charge is 0.363 e. The lowest BCUT2D eigenvalue weighted by atomic mass is 10.2. The van der Waals surface area contributed by atoms with Crippen molar-refractivity contribution in [2.75, 3.05) is 12.0 Å². The van der Waals surface area contributed by atoms with Crippen molar-refractivity contribution in [3.63, 3.8) is 0 Å². The van der Waals surface area contributed by atoms with Gasteiger partial charge in [-0.25, -0.2) is 0 Å². The van der Waals surface area contributed by atoms with Crippen molar-refractivity contribution in [2.45, 2.75) is 13.5 Å². The molecule has 2 aromatic carbocycles. The van der Waals surface area contributed by atoms with Gasteiger partial charge in [0.15, 0.2) is 0 Å². The van der Waals surface area contributed by atoms with E-state index in [-0.39, 0.29) is 1.43 Å². The summed E-state index contributed by atoms with van der Waals surface area (Å²) >= 11 is 0. The second kappa shape index (κ2) is 6.06. The van der Waals surface area contributed by atoms with Crippen LogP contribution >= 0.6 is 0 Å². The van der Waals surface area contributed by atoms with Gasteiger partial charge in [0.25, 0.3) is 0 Å². The van der Waals surface area contributed by atoms with E-state index < -0.39 is 0 Å². The summed E-state index contributed by atoms with van der Waals surface area (Å²) < 4.78 is 5.55. The number of hydrogen-bond acceptors (Lipinski definition) is 2. The highest BCUT2D eigenvalue weighted by Gasteiger charge is 1.93. The Bertz CT molecular complexity index is 442. The first-order valence-electron chi connectivity index (χ1n) is 5.77. The standard InChI is InChI=1S/C15H17NO.H2/c1-13-7-9-14(10-8-13)11-17-12-16-15-5-3-2-4-6-15;/h2-10,16H,11-12H2,1H3;1H. The Labute approximate surface area is 104 Å². The van der Waals surface area contributed by atoms with Crippen LogP contribution < -0.4 is 5.32 Å². The number of para-hydroxylation sites is 1. The van der Waals surface area contributed by atoms with Crippen LogP contribution in [0, 0.1) is 6.92 Å². The van der Waals surface area contributed by atoms with Crippen LogP contribution in [-0.2, 0) is 11.3 Å². The van der Waals surface area contributed by atoms with Gasteiger partial charge < -0.3 is 10.1 Å². The third-order valence-corrected chi connectivity index (χ3v) is 2.54. The lowest BCUT2D eigenvalue weighted by Crippen LogP contribution is -2.05. The number of nitrogens with one attached hydrogen (secondary N) is 1. The molecule has 0 radical (unpaired) electrons. The van der Waals surface area contributed by atoms with Crippen molar-refractivity contribution in [1.29, 1.82) is 0 Å². The van der Waals surface area contributed by atoms with Crippen LogP contribution in [0.4, 0.5) is 5.69 Å². The second-order valence-corrected chi connectivity index (χ2v) is 4.02. The van der Waals surface area contributed by atoms with Gasteiger partial charge >= 0.3 is 0 Å². The first kappa shape index (κ1) is 11.7. The minimum Gasteiger partial charge on any atom is -0.363 e. The number of benzene rings is 2. The summed E-state index contributed by atoms with van der Waals surface area (Å²) in [5.41, 5.74) is 3.55. The Morgan fingerprint density at radius 3 is 2.41 bits per heavy atom. The molecular formula is C15H19NO. The Morgan fingerprint density at radius 2 is 1.71 bits per heavy atom. The Hall–Kier alpha value is -1.80. The fraction of sp³-hybridized carbons (Fsp3) is 0.200. The van der Waals surface area contributed by atoms with E-state index in [4.69, 9.17) is 4.74 Å². The molecule has 0 saturated heterocycles. The SMILES string of the molecule is Cc1ccc(COCNc2ccccc2)cc1.[HH]. The van der Waals surface area contributed by atoms with Crippen LogP contribution in [0.5, 0.6) is 0 Å². The molecule has 0 aliphatic heterocycles.